The van der Waals surface area contributed by atoms with E-state index >= 15 is 0 Å². The maximum absolute atomic E-state index is 14.8. The zero-order valence-corrected chi connectivity index (χ0v) is 23.7. The fourth-order valence-electron chi connectivity index (χ4n) is 5.13. The Hall–Kier alpha value is -4.03. The third-order valence-corrected chi connectivity index (χ3v) is 8.13. The fraction of sp³-hybridized carbons (Fsp3) is 0.286. The number of fused-ring (bicyclic) bond motifs is 1. The molecule has 14 heteroatoms. The van der Waals surface area contributed by atoms with Crippen LogP contribution in [0.25, 0.3) is 11.3 Å². The molecule has 2 amide bonds. The summed E-state index contributed by atoms with van der Waals surface area (Å²) in [6.45, 7) is 4.00. The van der Waals surface area contributed by atoms with Gasteiger partial charge in [-0.3, -0.25) is 24.2 Å². The molecule has 0 radical (unpaired) electrons. The van der Waals surface area contributed by atoms with Gasteiger partial charge in [0, 0.05) is 29.8 Å². The zero-order chi connectivity index (χ0) is 29.9. The molecule has 1 saturated heterocycles. The van der Waals surface area contributed by atoms with Crippen LogP contribution in [0.1, 0.15) is 53.3 Å². The molecule has 3 atom stereocenters. The summed E-state index contributed by atoms with van der Waals surface area (Å²) in [6.07, 6.45) is 3.63. The average Bonchev–Trinajstić information content (AvgIpc) is 3.45. The maximum Gasteiger partial charge on any atom is 0.276 e. The number of nitrogens with one attached hydrogen (secondary N) is 1. The van der Waals surface area contributed by atoms with E-state index in [1.165, 1.54) is 13.1 Å². The minimum atomic E-state index is -3.01. The lowest BCUT2D eigenvalue weighted by atomic mass is 10.0. The highest BCUT2D eigenvalue weighted by Gasteiger charge is 2.52. The van der Waals surface area contributed by atoms with Crippen molar-refractivity contribution in [3.05, 3.63) is 81.5 Å². The highest BCUT2D eigenvalue weighted by atomic mass is 35.5. The van der Waals surface area contributed by atoms with Crippen molar-refractivity contribution in [3.8, 4) is 11.3 Å². The summed E-state index contributed by atoms with van der Waals surface area (Å²) in [5, 5.41) is 6.96. The molecule has 1 aliphatic carbocycles. The molecular weight excluding hydrogens is 594 g/mol. The van der Waals surface area contributed by atoms with E-state index < -0.39 is 35.3 Å². The van der Waals surface area contributed by atoms with Crippen LogP contribution in [0.2, 0.25) is 10.0 Å². The Kier molecular flexibility index (Phi) is 7.14. The number of aryl methyl sites for hydroxylation is 1. The molecule has 4 heterocycles. The van der Waals surface area contributed by atoms with Gasteiger partial charge < -0.3 is 10.2 Å². The molecule has 1 aliphatic heterocycles. The van der Waals surface area contributed by atoms with Gasteiger partial charge in [0.15, 0.2) is 5.82 Å². The van der Waals surface area contributed by atoms with Crippen LogP contribution in [0, 0.1) is 24.6 Å². The maximum atomic E-state index is 14.8. The van der Waals surface area contributed by atoms with Crippen LogP contribution in [0.5, 0.6) is 0 Å². The number of aromatic nitrogens is 5. The Morgan fingerprint density at radius 1 is 1.14 bits per heavy atom. The van der Waals surface area contributed by atoms with Crippen molar-refractivity contribution in [2.75, 3.05) is 16.8 Å². The highest BCUT2D eigenvalue weighted by Crippen LogP contribution is 2.47. The van der Waals surface area contributed by atoms with Crippen molar-refractivity contribution in [1.82, 2.24) is 24.7 Å². The lowest BCUT2D eigenvalue weighted by Gasteiger charge is -2.20. The second-order valence-corrected chi connectivity index (χ2v) is 11.1. The lowest BCUT2D eigenvalue weighted by Crippen LogP contribution is -2.28. The minimum Gasteiger partial charge on any atom is -0.318 e. The lowest BCUT2D eigenvalue weighted by molar-refractivity contribution is -0.118. The van der Waals surface area contributed by atoms with E-state index in [0.717, 1.165) is 24.8 Å². The van der Waals surface area contributed by atoms with Crippen LogP contribution in [-0.4, -0.2) is 43.1 Å². The number of hydrogen-bond acceptors (Lipinski definition) is 6. The van der Waals surface area contributed by atoms with E-state index in [-0.39, 0.29) is 33.9 Å². The molecule has 1 aromatic carbocycles. The van der Waals surface area contributed by atoms with Gasteiger partial charge in [0.2, 0.25) is 5.91 Å². The Labute approximate surface area is 247 Å². The summed E-state index contributed by atoms with van der Waals surface area (Å²) < 4.78 is 43.6. The molecule has 1 N–H and O–H groups in total. The number of carbonyl (C=O) groups excluding carboxylic acids is 2. The molecule has 4 aromatic rings. The van der Waals surface area contributed by atoms with E-state index in [4.69, 9.17) is 23.2 Å². The van der Waals surface area contributed by atoms with Gasteiger partial charge in [-0.25, -0.2) is 18.2 Å². The fourth-order valence-corrected chi connectivity index (χ4v) is 5.60. The van der Waals surface area contributed by atoms with Crippen LogP contribution in [-0.2, 0) is 4.79 Å². The Morgan fingerprint density at radius 3 is 2.62 bits per heavy atom. The number of amides is 2. The molecule has 2 fully saturated rings. The monoisotopic (exact) mass is 615 g/mol. The second-order valence-electron chi connectivity index (χ2n) is 10.3. The number of alkyl halides is 2. The van der Waals surface area contributed by atoms with Crippen molar-refractivity contribution in [3.63, 3.8) is 0 Å². The van der Waals surface area contributed by atoms with E-state index in [1.54, 1.807) is 28.0 Å². The quantitative estimate of drug-likeness (QED) is 0.263. The second kappa shape index (κ2) is 10.7. The topological polar surface area (TPSA) is 106 Å². The molecular formula is C28H22Cl2F3N7O2. The predicted octanol–water partition coefficient (Wildman–Crippen LogP) is 6.27. The van der Waals surface area contributed by atoms with Crippen LogP contribution in [0.4, 0.5) is 24.5 Å². The van der Waals surface area contributed by atoms with E-state index in [2.05, 4.69) is 25.4 Å². The van der Waals surface area contributed by atoms with Crippen molar-refractivity contribution in [2.45, 2.75) is 32.7 Å². The highest BCUT2D eigenvalue weighted by molar-refractivity contribution is 6.31. The number of halogens is 5. The number of rotatable bonds is 7. The van der Waals surface area contributed by atoms with Crippen LogP contribution >= 0.6 is 23.2 Å². The van der Waals surface area contributed by atoms with Gasteiger partial charge in [0.25, 0.3) is 12.3 Å². The number of benzene rings is 1. The largest absolute Gasteiger partial charge is 0.318 e. The Morgan fingerprint density at radius 2 is 1.93 bits per heavy atom. The van der Waals surface area contributed by atoms with Crippen molar-refractivity contribution >= 4 is 46.4 Å². The Balaban J connectivity index is 1.21. The number of anilines is 2. The third-order valence-electron chi connectivity index (χ3n) is 7.53. The molecule has 42 heavy (non-hydrogen) atoms. The molecule has 2 aliphatic rings. The summed E-state index contributed by atoms with van der Waals surface area (Å²) in [5.41, 5.74) is 0.0647. The SMILES string of the molecule is Cc1ncc(-c2c(C(F)F)ccc(Cl)c2F)nc1C(=O)Nc1cnn(C(C)c2ncc(N3C[C@H]4C[C@H]4C3=O)cc2Cl)c1. The smallest absolute Gasteiger partial charge is 0.276 e. The third kappa shape index (κ3) is 4.98. The van der Waals surface area contributed by atoms with Crippen molar-refractivity contribution < 1.29 is 22.8 Å². The van der Waals surface area contributed by atoms with Gasteiger partial charge in [-0.1, -0.05) is 29.3 Å². The van der Waals surface area contributed by atoms with Crippen molar-refractivity contribution in [1.29, 1.82) is 0 Å². The van der Waals surface area contributed by atoms with Crippen LogP contribution in [0.15, 0.2) is 43.0 Å². The normalized spacial score (nSPS) is 18.4. The molecule has 0 bridgehead atoms. The molecule has 0 spiro atoms. The summed E-state index contributed by atoms with van der Waals surface area (Å²) >= 11 is 12.4. The van der Waals surface area contributed by atoms with E-state index in [0.29, 0.717) is 34.6 Å². The predicted molar refractivity (Wildman–Crippen MR) is 149 cm³/mol. The molecule has 9 nitrogen and oxygen atoms in total. The number of carbonyl (C=O) groups is 2. The standard InChI is InChI=1S/C28H22Cl2F3N7O2/c1-12-24(38-21(9-34-12)22-17(26(32)33)3-4-19(29)23(22)31)27(41)37-15-7-36-40(11-15)13(2)25-20(30)6-16(8-35-25)39-10-14-5-18(14)28(39)42/h3-4,6-9,11,13-14,18,26H,5,10H2,1-2H3,(H,37,41)/t13?,14-,18-/m1/s1. The van der Waals surface area contributed by atoms with Gasteiger partial charge >= 0.3 is 0 Å². The van der Waals surface area contributed by atoms with E-state index in [1.807, 2.05) is 6.92 Å². The number of hydrogen-bond donors (Lipinski definition) is 1. The first kappa shape index (κ1) is 28.1. The summed E-state index contributed by atoms with van der Waals surface area (Å²) in [6, 6.07) is 3.32. The molecule has 6 rings (SSSR count). The first-order valence-corrected chi connectivity index (χ1v) is 13.7. The first-order chi connectivity index (χ1) is 20.0. The molecule has 1 unspecified atom stereocenters. The summed E-state index contributed by atoms with van der Waals surface area (Å²) in [4.78, 5) is 40.0. The van der Waals surface area contributed by atoms with Crippen LogP contribution < -0.4 is 10.2 Å². The number of pyridine rings is 1. The minimum absolute atomic E-state index is 0.101. The summed E-state index contributed by atoms with van der Waals surface area (Å²) in [7, 11) is 0. The van der Waals surface area contributed by atoms with Gasteiger partial charge in [-0.15, -0.1) is 0 Å². The Bertz CT molecular complexity index is 1750. The van der Waals surface area contributed by atoms with Crippen LogP contribution in [0.3, 0.4) is 0 Å². The van der Waals surface area contributed by atoms with Gasteiger partial charge in [0.05, 0.1) is 63.1 Å². The van der Waals surface area contributed by atoms with Gasteiger partial charge in [-0.2, -0.15) is 5.10 Å². The first-order valence-electron chi connectivity index (χ1n) is 13.0. The average molecular weight is 616 g/mol. The van der Waals surface area contributed by atoms with Gasteiger partial charge in [-0.05, 0) is 38.3 Å². The molecule has 3 aromatic heterocycles. The number of piperidine rings is 1. The number of nitrogens with zero attached hydrogens (tertiary/aromatic N) is 6. The van der Waals surface area contributed by atoms with Crippen molar-refractivity contribution in [2.24, 2.45) is 11.8 Å². The molecule has 1 saturated carbocycles. The van der Waals surface area contributed by atoms with Gasteiger partial charge in [0.1, 0.15) is 5.69 Å². The van der Waals surface area contributed by atoms with E-state index in [9.17, 15) is 22.8 Å². The molecule has 216 valence electrons. The zero-order valence-electron chi connectivity index (χ0n) is 22.2. The summed E-state index contributed by atoms with van der Waals surface area (Å²) in [5.74, 6) is -1.16.